The van der Waals surface area contributed by atoms with Crippen molar-refractivity contribution < 1.29 is 43.3 Å². The first-order valence-corrected chi connectivity index (χ1v) is 9.85. The van der Waals surface area contributed by atoms with E-state index in [-0.39, 0.29) is 0 Å². The Kier molecular flexibility index (Phi) is 5.35. The summed E-state index contributed by atoms with van der Waals surface area (Å²) >= 11 is 0. The lowest BCUT2D eigenvalue weighted by molar-refractivity contribution is 0.122. The standard InChI is InChI=1S/C5H15O9P3/c1-15(7,8)4-2-3-5(6,16(9,10)11)17(12,13)14/h6H,2-4H2,1H3,(H,7,8)(H2,9,10,11)(H2,12,13,14). The molecular formula is C5H15O9P3. The maximum atomic E-state index is 10.9. The van der Waals surface area contributed by atoms with E-state index in [1.165, 1.54) is 0 Å². The second kappa shape index (κ2) is 5.21. The fourth-order valence-electron chi connectivity index (χ4n) is 1.07. The van der Waals surface area contributed by atoms with Crippen LogP contribution in [-0.4, -0.2) is 47.5 Å². The van der Waals surface area contributed by atoms with E-state index in [2.05, 4.69) is 0 Å². The molecule has 0 spiro atoms. The molecule has 0 aromatic carbocycles. The highest BCUT2D eigenvalue weighted by molar-refractivity contribution is 7.72. The van der Waals surface area contributed by atoms with Crippen LogP contribution in [0.5, 0.6) is 0 Å². The molecule has 0 saturated carbocycles. The molecule has 0 bridgehead atoms. The van der Waals surface area contributed by atoms with Gasteiger partial charge in [0.1, 0.15) is 0 Å². The fourth-order valence-corrected chi connectivity index (χ4v) is 4.07. The average molecular weight is 312 g/mol. The monoisotopic (exact) mass is 312 g/mol. The third-order valence-electron chi connectivity index (χ3n) is 2.02. The minimum Gasteiger partial charge on any atom is -0.368 e. The van der Waals surface area contributed by atoms with Gasteiger partial charge in [0.05, 0.1) is 0 Å². The van der Waals surface area contributed by atoms with Crippen LogP contribution < -0.4 is 0 Å². The van der Waals surface area contributed by atoms with E-state index in [0.717, 1.165) is 6.66 Å². The molecule has 1 atom stereocenters. The Morgan fingerprint density at radius 2 is 1.29 bits per heavy atom. The molecule has 0 heterocycles. The molecule has 0 aromatic heterocycles. The van der Waals surface area contributed by atoms with E-state index in [1.807, 2.05) is 0 Å². The van der Waals surface area contributed by atoms with Gasteiger partial charge >= 0.3 is 15.2 Å². The number of rotatable bonds is 6. The van der Waals surface area contributed by atoms with E-state index >= 15 is 0 Å². The summed E-state index contributed by atoms with van der Waals surface area (Å²) in [7, 11) is -14.4. The maximum Gasteiger partial charge on any atom is 0.369 e. The van der Waals surface area contributed by atoms with Crippen molar-refractivity contribution in [2.75, 3.05) is 12.8 Å². The molecule has 17 heavy (non-hydrogen) atoms. The van der Waals surface area contributed by atoms with Crippen molar-refractivity contribution in [3.8, 4) is 0 Å². The van der Waals surface area contributed by atoms with Crippen molar-refractivity contribution in [3.05, 3.63) is 0 Å². The summed E-state index contributed by atoms with van der Waals surface area (Å²) in [6, 6.07) is 0. The van der Waals surface area contributed by atoms with Gasteiger partial charge in [0.15, 0.2) is 7.37 Å². The van der Waals surface area contributed by atoms with Crippen LogP contribution >= 0.6 is 22.6 Å². The zero-order valence-electron chi connectivity index (χ0n) is 8.87. The summed E-state index contributed by atoms with van der Waals surface area (Å²) in [5, 5.41) is 5.88. The van der Waals surface area contributed by atoms with Gasteiger partial charge in [0.25, 0.3) is 5.08 Å². The van der Waals surface area contributed by atoms with Gasteiger partial charge in [0, 0.05) is 19.2 Å². The zero-order chi connectivity index (χ0) is 14.1. The van der Waals surface area contributed by atoms with Crippen molar-refractivity contribution in [1.82, 2.24) is 0 Å². The van der Waals surface area contributed by atoms with E-state index in [4.69, 9.17) is 24.5 Å². The van der Waals surface area contributed by atoms with E-state index in [1.54, 1.807) is 0 Å². The zero-order valence-corrected chi connectivity index (χ0v) is 11.6. The van der Waals surface area contributed by atoms with Crippen LogP contribution in [0.25, 0.3) is 0 Å². The summed E-state index contributed by atoms with van der Waals surface area (Å²) in [6.45, 7) is 0.987. The highest BCUT2D eigenvalue weighted by Crippen LogP contribution is 2.69. The van der Waals surface area contributed by atoms with E-state index in [0.29, 0.717) is 0 Å². The van der Waals surface area contributed by atoms with Gasteiger partial charge in [-0.2, -0.15) is 0 Å². The van der Waals surface area contributed by atoms with E-state index in [9.17, 15) is 18.8 Å². The molecule has 1 unspecified atom stereocenters. The lowest BCUT2D eigenvalue weighted by atomic mass is 10.3. The van der Waals surface area contributed by atoms with E-state index < -0.39 is 46.6 Å². The molecule has 0 fully saturated rings. The molecule has 9 nitrogen and oxygen atoms in total. The smallest absolute Gasteiger partial charge is 0.368 e. The van der Waals surface area contributed by atoms with Crippen molar-refractivity contribution in [2.45, 2.75) is 17.9 Å². The van der Waals surface area contributed by atoms with Crippen LogP contribution in [0.4, 0.5) is 0 Å². The fraction of sp³-hybridized carbons (Fsp3) is 1.00. The topological polar surface area (TPSA) is 173 Å². The molecule has 0 radical (unpaired) electrons. The third kappa shape index (κ3) is 4.91. The van der Waals surface area contributed by atoms with Crippen molar-refractivity contribution in [3.63, 3.8) is 0 Å². The second-order valence-corrected chi connectivity index (χ2v) is 10.3. The Morgan fingerprint density at radius 1 is 0.941 bits per heavy atom. The lowest BCUT2D eigenvalue weighted by Crippen LogP contribution is -2.28. The predicted molar refractivity (Wildman–Crippen MR) is 58.9 cm³/mol. The molecule has 0 rings (SSSR count). The van der Waals surface area contributed by atoms with Crippen LogP contribution in [0, 0.1) is 0 Å². The minimum atomic E-state index is -5.47. The Balaban J connectivity index is 4.97. The number of aliphatic hydroxyl groups is 1. The molecule has 0 aromatic rings. The molecule has 0 aliphatic heterocycles. The summed E-state index contributed by atoms with van der Waals surface area (Å²) in [6.07, 6.45) is -1.79. The quantitative estimate of drug-likeness (QED) is 0.359. The minimum absolute atomic E-state index is 0.406. The van der Waals surface area contributed by atoms with Crippen LogP contribution in [0.3, 0.4) is 0 Å². The van der Waals surface area contributed by atoms with Gasteiger partial charge in [-0.25, -0.2) is 0 Å². The molecule has 0 amide bonds. The van der Waals surface area contributed by atoms with Crippen molar-refractivity contribution in [2.24, 2.45) is 0 Å². The Bertz CT molecular complexity index is 377. The summed E-state index contributed by atoms with van der Waals surface area (Å²) in [4.78, 5) is 43.9. The largest absolute Gasteiger partial charge is 0.369 e. The highest BCUT2D eigenvalue weighted by atomic mass is 31.2. The Morgan fingerprint density at radius 3 is 1.53 bits per heavy atom. The van der Waals surface area contributed by atoms with Gasteiger partial charge in [0.2, 0.25) is 0 Å². The van der Waals surface area contributed by atoms with Crippen LogP contribution in [0.1, 0.15) is 12.8 Å². The average Bonchev–Trinajstić information content (AvgIpc) is 1.96. The second-order valence-electron chi connectivity index (χ2n) is 3.74. The van der Waals surface area contributed by atoms with Gasteiger partial charge in [-0.1, -0.05) is 0 Å². The molecular weight excluding hydrogens is 297 g/mol. The summed E-state index contributed by atoms with van der Waals surface area (Å²) in [5.74, 6) is 0. The molecule has 6 N–H and O–H groups in total. The van der Waals surface area contributed by atoms with Crippen molar-refractivity contribution >= 4 is 22.6 Å². The van der Waals surface area contributed by atoms with Crippen molar-refractivity contribution in [1.29, 1.82) is 0 Å². The molecule has 0 aliphatic carbocycles. The summed E-state index contributed by atoms with van der Waals surface area (Å²) in [5.41, 5.74) is 0. The van der Waals surface area contributed by atoms with Crippen LogP contribution in [0.2, 0.25) is 0 Å². The lowest BCUT2D eigenvalue weighted by Gasteiger charge is -2.29. The summed E-state index contributed by atoms with van der Waals surface area (Å²) < 4.78 is 32.6. The highest BCUT2D eigenvalue weighted by Gasteiger charge is 2.58. The predicted octanol–water partition coefficient (Wildman–Crippen LogP) is -0.332. The normalized spacial score (nSPS) is 17.8. The van der Waals surface area contributed by atoms with Gasteiger partial charge in [-0.3, -0.25) is 13.7 Å². The Hall–Kier alpha value is 0.450. The first-order valence-electron chi connectivity index (χ1n) is 4.34. The molecule has 104 valence electrons. The molecule has 0 saturated heterocycles. The van der Waals surface area contributed by atoms with Gasteiger partial charge < -0.3 is 29.6 Å². The van der Waals surface area contributed by atoms with Gasteiger partial charge in [-0.15, -0.1) is 0 Å². The van der Waals surface area contributed by atoms with Gasteiger partial charge in [-0.05, 0) is 6.42 Å². The first kappa shape index (κ1) is 17.4. The molecule has 12 heteroatoms. The SMILES string of the molecule is CP(=O)(O)CCCC(O)(P(=O)(O)O)P(=O)(O)O. The Labute approximate surface area is 97.3 Å². The maximum absolute atomic E-state index is 10.9. The van der Waals surface area contributed by atoms with Crippen LogP contribution in [-0.2, 0) is 13.7 Å². The molecule has 0 aliphatic rings. The van der Waals surface area contributed by atoms with Crippen LogP contribution in [0.15, 0.2) is 0 Å². The number of hydrogen-bond acceptors (Lipinski definition) is 4. The first-order chi connectivity index (χ1) is 7.21. The number of hydrogen-bond donors (Lipinski definition) is 6. The third-order valence-corrected chi connectivity index (χ3v) is 7.04.